The second kappa shape index (κ2) is 7.71. The van der Waals surface area contributed by atoms with Crippen LogP contribution in [0.25, 0.3) is 0 Å². The molecule has 0 bridgehead atoms. The van der Waals surface area contributed by atoms with Gasteiger partial charge in [0.15, 0.2) is 0 Å². The van der Waals surface area contributed by atoms with Crippen LogP contribution in [-0.4, -0.2) is 19.0 Å². The van der Waals surface area contributed by atoms with Crippen LogP contribution in [0, 0.1) is 11.3 Å². The summed E-state index contributed by atoms with van der Waals surface area (Å²) in [5.74, 6) is -0.189. The van der Waals surface area contributed by atoms with E-state index in [-0.39, 0.29) is 19.0 Å². The molecule has 0 aliphatic heterocycles. The van der Waals surface area contributed by atoms with Crippen LogP contribution in [-0.2, 0) is 11.2 Å². The Morgan fingerprint density at radius 2 is 1.76 bits per heavy atom. The Bertz CT molecular complexity index is 632. The van der Waals surface area contributed by atoms with Crippen molar-refractivity contribution in [3.8, 4) is 6.07 Å². The first kappa shape index (κ1) is 14.6. The minimum absolute atomic E-state index is 0.0339. The molecule has 4 nitrogen and oxygen atoms in total. The number of carbonyl (C=O) groups excluding carboxylic acids is 1. The van der Waals surface area contributed by atoms with Gasteiger partial charge in [0, 0.05) is 5.69 Å². The van der Waals surface area contributed by atoms with Crippen molar-refractivity contribution in [2.45, 2.75) is 6.42 Å². The van der Waals surface area contributed by atoms with Gasteiger partial charge in [-0.1, -0.05) is 48.5 Å². The van der Waals surface area contributed by atoms with Gasteiger partial charge in [-0.3, -0.25) is 4.79 Å². The van der Waals surface area contributed by atoms with Crippen molar-refractivity contribution in [2.24, 2.45) is 0 Å². The summed E-state index contributed by atoms with van der Waals surface area (Å²) in [6, 6.07) is 20.0. The minimum atomic E-state index is -0.189. The number of amides is 1. The van der Waals surface area contributed by atoms with Crippen LogP contribution in [0.3, 0.4) is 0 Å². The minimum Gasteiger partial charge on any atom is -0.376 e. The number of nitrogens with zero attached hydrogens (tertiary/aromatic N) is 1. The van der Waals surface area contributed by atoms with Crippen molar-refractivity contribution in [1.82, 2.24) is 5.32 Å². The summed E-state index contributed by atoms with van der Waals surface area (Å²) in [7, 11) is 0. The SMILES string of the molecule is N#CCNC(=O)CNc1ccccc1Cc1ccccc1. The molecule has 0 spiro atoms. The Labute approximate surface area is 124 Å². The first-order valence-electron chi connectivity index (χ1n) is 6.79. The normalized spacial score (nSPS) is 9.67. The van der Waals surface area contributed by atoms with Crippen molar-refractivity contribution < 1.29 is 4.79 Å². The summed E-state index contributed by atoms with van der Waals surface area (Å²) in [6.45, 7) is 0.194. The summed E-state index contributed by atoms with van der Waals surface area (Å²) in [4.78, 5) is 11.5. The van der Waals surface area contributed by atoms with Crippen molar-refractivity contribution in [1.29, 1.82) is 5.26 Å². The lowest BCUT2D eigenvalue weighted by Gasteiger charge is -2.11. The highest BCUT2D eigenvalue weighted by molar-refractivity contribution is 5.81. The fraction of sp³-hybridized carbons (Fsp3) is 0.176. The van der Waals surface area contributed by atoms with Crippen molar-refractivity contribution in [2.75, 3.05) is 18.4 Å². The van der Waals surface area contributed by atoms with Gasteiger partial charge in [0.1, 0.15) is 6.54 Å². The van der Waals surface area contributed by atoms with E-state index in [0.717, 1.165) is 17.7 Å². The van der Waals surface area contributed by atoms with Crippen LogP contribution in [0.1, 0.15) is 11.1 Å². The van der Waals surface area contributed by atoms with Crippen LogP contribution in [0.4, 0.5) is 5.69 Å². The molecule has 0 unspecified atom stereocenters. The van der Waals surface area contributed by atoms with Crippen molar-refractivity contribution in [3.05, 3.63) is 65.7 Å². The number of carbonyl (C=O) groups is 1. The largest absolute Gasteiger partial charge is 0.376 e. The quantitative estimate of drug-likeness (QED) is 0.798. The molecule has 106 valence electrons. The monoisotopic (exact) mass is 279 g/mol. The predicted molar refractivity (Wildman–Crippen MR) is 82.8 cm³/mol. The lowest BCUT2D eigenvalue weighted by molar-refractivity contribution is -0.119. The maximum absolute atomic E-state index is 11.5. The van der Waals surface area contributed by atoms with Gasteiger partial charge in [-0.2, -0.15) is 5.26 Å². The van der Waals surface area contributed by atoms with Gasteiger partial charge in [0.2, 0.25) is 5.91 Å². The van der Waals surface area contributed by atoms with Crippen LogP contribution in [0.15, 0.2) is 54.6 Å². The van der Waals surface area contributed by atoms with Gasteiger partial charge in [-0.25, -0.2) is 0 Å². The molecule has 4 heteroatoms. The van der Waals surface area contributed by atoms with E-state index in [2.05, 4.69) is 22.8 Å². The van der Waals surface area contributed by atoms with Gasteiger partial charge < -0.3 is 10.6 Å². The number of anilines is 1. The number of nitriles is 1. The summed E-state index contributed by atoms with van der Waals surface area (Å²) >= 11 is 0. The number of hydrogen-bond donors (Lipinski definition) is 2. The fourth-order valence-electron chi connectivity index (χ4n) is 2.04. The van der Waals surface area contributed by atoms with Crippen LogP contribution in [0.2, 0.25) is 0 Å². The molecule has 0 heterocycles. The topological polar surface area (TPSA) is 64.9 Å². The molecule has 0 saturated heterocycles. The van der Waals surface area contributed by atoms with Crippen molar-refractivity contribution in [3.63, 3.8) is 0 Å². The average Bonchev–Trinajstić information content (AvgIpc) is 2.53. The Morgan fingerprint density at radius 3 is 2.52 bits per heavy atom. The lowest BCUT2D eigenvalue weighted by atomic mass is 10.0. The number of para-hydroxylation sites is 1. The smallest absolute Gasteiger partial charge is 0.240 e. The standard InChI is InChI=1S/C17H17N3O/c18-10-11-19-17(21)13-20-16-9-5-4-8-15(16)12-14-6-2-1-3-7-14/h1-9,20H,11-13H2,(H,19,21). The number of rotatable bonds is 6. The highest BCUT2D eigenvalue weighted by atomic mass is 16.1. The first-order chi connectivity index (χ1) is 10.3. The predicted octanol–water partition coefficient (Wildman–Crippen LogP) is 2.33. The zero-order valence-electron chi connectivity index (χ0n) is 11.7. The molecule has 2 aromatic carbocycles. The Hall–Kier alpha value is -2.80. The molecule has 0 aliphatic rings. The summed E-state index contributed by atoms with van der Waals surface area (Å²) in [5.41, 5.74) is 3.30. The van der Waals surface area contributed by atoms with Gasteiger partial charge in [-0.05, 0) is 23.6 Å². The van der Waals surface area contributed by atoms with E-state index in [1.54, 1.807) is 0 Å². The summed E-state index contributed by atoms with van der Waals surface area (Å²) in [5, 5.41) is 14.1. The van der Waals surface area contributed by atoms with Gasteiger partial charge in [-0.15, -0.1) is 0 Å². The molecule has 0 saturated carbocycles. The molecule has 0 radical (unpaired) electrons. The maximum atomic E-state index is 11.5. The van der Waals surface area contributed by atoms with Crippen LogP contribution >= 0.6 is 0 Å². The molecule has 0 aromatic heterocycles. The van der Waals surface area contributed by atoms with E-state index >= 15 is 0 Å². The third-order valence-corrected chi connectivity index (χ3v) is 3.06. The van der Waals surface area contributed by atoms with E-state index in [1.165, 1.54) is 5.56 Å². The molecule has 2 rings (SSSR count). The molecule has 2 N–H and O–H groups in total. The molecule has 0 fully saturated rings. The third kappa shape index (κ3) is 4.66. The number of hydrogen-bond acceptors (Lipinski definition) is 3. The summed E-state index contributed by atoms with van der Waals surface area (Å²) in [6.07, 6.45) is 0.809. The molecular formula is C17H17N3O. The fourth-order valence-corrected chi connectivity index (χ4v) is 2.04. The van der Waals surface area contributed by atoms with Gasteiger partial charge in [0.05, 0.1) is 12.6 Å². The van der Waals surface area contributed by atoms with E-state index in [4.69, 9.17) is 5.26 Å². The first-order valence-corrected chi connectivity index (χ1v) is 6.79. The maximum Gasteiger partial charge on any atom is 0.240 e. The third-order valence-electron chi connectivity index (χ3n) is 3.06. The van der Waals surface area contributed by atoms with E-state index < -0.39 is 0 Å². The number of nitrogens with one attached hydrogen (secondary N) is 2. The molecule has 21 heavy (non-hydrogen) atoms. The molecule has 0 aliphatic carbocycles. The second-order valence-electron chi connectivity index (χ2n) is 4.61. The van der Waals surface area contributed by atoms with Gasteiger partial charge in [0.25, 0.3) is 0 Å². The van der Waals surface area contributed by atoms with E-state index in [0.29, 0.717) is 0 Å². The number of benzene rings is 2. The highest BCUT2D eigenvalue weighted by Gasteiger charge is 2.05. The summed E-state index contributed by atoms with van der Waals surface area (Å²) < 4.78 is 0. The van der Waals surface area contributed by atoms with E-state index in [1.807, 2.05) is 48.5 Å². The van der Waals surface area contributed by atoms with Crippen molar-refractivity contribution >= 4 is 11.6 Å². The zero-order chi connectivity index (χ0) is 14.9. The van der Waals surface area contributed by atoms with E-state index in [9.17, 15) is 4.79 Å². The second-order valence-corrected chi connectivity index (χ2v) is 4.61. The highest BCUT2D eigenvalue weighted by Crippen LogP contribution is 2.18. The lowest BCUT2D eigenvalue weighted by Crippen LogP contribution is -2.30. The molecule has 0 atom stereocenters. The van der Waals surface area contributed by atoms with Crippen LogP contribution in [0.5, 0.6) is 0 Å². The zero-order valence-corrected chi connectivity index (χ0v) is 11.7. The Balaban J connectivity index is 2.00. The molecular weight excluding hydrogens is 262 g/mol. The average molecular weight is 279 g/mol. The molecule has 1 amide bonds. The molecule has 2 aromatic rings. The Morgan fingerprint density at radius 1 is 1.05 bits per heavy atom. The van der Waals surface area contributed by atoms with Gasteiger partial charge >= 0.3 is 0 Å². The van der Waals surface area contributed by atoms with Crippen LogP contribution < -0.4 is 10.6 Å². The Kier molecular flexibility index (Phi) is 5.36.